The van der Waals surface area contributed by atoms with Gasteiger partial charge in [0.05, 0.1) is 5.60 Å². The Hall–Kier alpha value is 0.646. The Morgan fingerprint density at radius 1 is 1.43 bits per heavy atom. The third kappa shape index (κ3) is 6.19. The Balaban J connectivity index is -0.000000403. The molecule has 0 saturated carbocycles. The average molecular weight is 291 g/mol. The summed E-state index contributed by atoms with van der Waals surface area (Å²) in [5.74, 6) is 0. The molecule has 0 saturated heterocycles. The molecule has 0 aromatic carbocycles. The van der Waals surface area contributed by atoms with E-state index in [1.807, 2.05) is 0 Å². The van der Waals surface area contributed by atoms with Gasteiger partial charge in [-0.05, 0) is 31.5 Å². The van der Waals surface area contributed by atoms with Crippen LogP contribution in [0.5, 0.6) is 0 Å². The zero-order valence-corrected chi connectivity index (χ0v) is 12.3. The molecule has 0 radical (unpaired) electrons. The van der Waals surface area contributed by atoms with Crippen molar-refractivity contribution >= 4 is 34.7 Å². The van der Waals surface area contributed by atoms with Crippen LogP contribution in [0.2, 0.25) is 5.15 Å². The van der Waals surface area contributed by atoms with Crippen LogP contribution in [0.3, 0.4) is 0 Å². The summed E-state index contributed by atoms with van der Waals surface area (Å²) in [5.41, 5.74) is -0.0652. The summed E-state index contributed by atoms with van der Waals surface area (Å²) < 4.78 is 0. The number of pyridine rings is 1. The van der Waals surface area contributed by atoms with Gasteiger partial charge in [-0.15, -0.1) is 0 Å². The summed E-state index contributed by atoms with van der Waals surface area (Å²) in [5, 5.41) is 9.93. The van der Waals surface area contributed by atoms with Crippen LogP contribution in [0.25, 0.3) is 0 Å². The van der Waals surface area contributed by atoms with E-state index in [4.69, 9.17) is 11.6 Å². The Bertz CT molecular complexity index is 265. The first kappa shape index (κ1) is 20.1. The van der Waals surface area contributed by atoms with Crippen molar-refractivity contribution in [2.75, 3.05) is 0 Å². The molecular weight excluding hydrogens is 278 g/mol. The van der Waals surface area contributed by atoms with Gasteiger partial charge in [0.1, 0.15) is 5.15 Å². The molecule has 1 heterocycles. The van der Waals surface area contributed by atoms with E-state index < -0.39 is 5.60 Å². The SMILES string of the molecule is CC(C)(O)c1ccnc(Cl)c1.[Br-].[CH3-].[Mg+2]. The number of hydrogen-bond donors (Lipinski definition) is 1. The summed E-state index contributed by atoms with van der Waals surface area (Å²) in [7, 11) is 0. The van der Waals surface area contributed by atoms with E-state index >= 15 is 0 Å². The minimum Gasteiger partial charge on any atom is -1.00 e. The fraction of sp³-hybridized carbons (Fsp3) is 0.333. The van der Waals surface area contributed by atoms with E-state index in [0.717, 1.165) is 5.56 Å². The van der Waals surface area contributed by atoms with Crippen molar-refractivity contribution in [1.29, 1.82) is 0 Å². The Labute approximate surface area is 117 Å². The molecule has 0 unspecified atom stereocenters. The largest absolute Gasteiger partial charge is 2.00 e. The molecule has 0 spiro atoms. The number of nitrogens with zero attached hydrogens (tertiary/aromatic N) is 1. The standard InChI is InChI=1S/C8H10ClNO.CH3.BrH.Mg/c1-8(2,11)6-3-4-10-7(9)5-6;;;/h3-5,11H,1-2H3;1H3;1H;/q;-1;;+2/p-1. The maximum absolute atomic E-state index is 9.53. The molecule has 0 aliphatic carbocycles. The molecule has 1 aromatic heterocycles. The Kier molecular flexibility index (Phi) is 11.3. The van der Waals surface area contributed by atoms with Crippen molar-refractivity contribution in [3.8, 4) is 0 Å². The van der Waals surface area contributed by atoms with Crippen LogP contribution in [0.4, 0.5) is 0 Å². The number of aliphatic hydroxyl groups is 1. The first-order chi connectivity index (χ1) is 5.00. The fourth-order valence-corrected chi connectivity index (χ4v) is 0.957. The van der Waals surface area contributed by atoms with Gasteiger partial charge in [0.2, 0.25) is 0 Å². The first-order valence-electron chi connectivity index (χ1n) is 3.34. The first-order valence-corrected chi connectivity index (χ1v) is 3.72. The van der Waals surface area contributed by atoms with Crippen molar-refractivity contribution in [2.45, 2.75) is 19.4 Å². The number of hydrogen-bond acceptors (Lipinski definition) is 2. The zero-order chi connectivity index (χ0) is 8.48. The molecular formula is C9H13BrClMgNO. The van der Waals surface area contributed by atoms with Gasteiger partial charge >= 0.3 is 23.1 Å². The average Bonchev–Trinajstić information content (AvgIpc) is 1.86. The number of aromatic nitrogens is 1. The summed E-state index contributed by atoms with van der Waals surface area (Å²) in [6.07, 6.45) is 1.58. The topological polar surface area (TPSA) is 33.1 Å². The van der Waals surface area contributed by atoms with E-state index in [0.29, 0.717) is 5.15 Å². The van der Waals surface area contributed by atoms with Crippen molar-refractivity contribution < 1.29 is 22.1 Å². The van der Waals surface area contributed by atoms with Gasteiger partial charge in [-0.25, -0.2) is 4.98 Å². The molecule has 14 heavy (non-hydrogen) atoms. The second-order valence-electron chi connectivity index (χ2n) is 2.93. The summed E-state index contributed by atoms with van der Waals surface area (Å²) >= 11 is 5.63. The van der Waals surface area contributed by atoms with Crippen molar-refractivity contribution in [3.05, 3.63) is 36.5 Å². The predicted molar refractivity (Wildman–Crippen MR) is 56.7 cm³/mol. The van der Waals surface area contributed by atoms with E-state index in [1.165, 1.54) is 0 Å². The molecule has 0 aliphatic rings. The van der Waals surface area contributed by atoms with E-state index in [1.54, 1.807) is 32.2 Å². The Morgan fingerprint density at radius 2 is 1.93 bits per heavy atom. The van der Waals surface area contributed by atoms with Gasteiger partial charge in [-0.1, -0.05) is 11.6 Å². The van der Waals surface area contributed by atoms with Gasteiger partial charge in [0.25, 0.3) is 0 Å². The predicted octanol–water partition coefficient (Wildman–Crippen LogP) is -0.964. The smallest absolute Gasteiger partial charge is 1.00 e. The molecule has 76 valence electrons. The minimum absolute atomic E-state index is 0. The van der Waals surface area contributed by atoms with Gasteiger partial charge in [-0.2, -0.15) is 0 Å². The van der Waals surface area contributed by atoms with Crippen LogP contribution in [0, 0.1) is 7.43 Å². The van der Waals surface area contributed by atoms with Crippen LogP contribution >= 0.6 is 11.6 Å². The Morgan fingerprint density at radius 3 is 2.21 bits per heavy atom. The maximum Gasteiger partial charge on any atom is 2.00 e. The quantitative estimate of drug-likeness (QED) is 0.410. The van der Waals surface area contributed by atoms with Gasteiger partial charge in [-0.3, -0.25) is 0 Å². The van der Waals surface area contributed by atoms with Crippen molar-refractivity contribution in [2.24, 2.45) is 0 Å². The normalized spacial score (nSPS) is 9.14. The third-order valence-corrected chi connectivity index (χ3v) is 1.64. The summed E-state index contributed by atoms with van der Waals surface area (Å²) in [4.78, 5) is 3.81. The van der Waals surface area contributed by atoms with Crippen LogP contribution in [-0.4, -0.2) is 33.1 Å². The molecule has 1 rings (SSSR count). The molecule has 0 fully saturated rings. The van der Waals surface area contributed by atoms with Gasteiger partial charge in [0.15, 0.2) is 0 Å². The summed E-state index contributed by atoms with van der Waals surface area (Å²) in [6.45, 7) is 3.41. The van der Waals surface area contributed by atoms with E-state index in [-0.39, 0.29) is 47.5 Å². The third-order valence-electron chi connectivity index (χ3n) is 1.43. The number of rotatable bonds is 1. The van der Waals surface area contributed by atoms with E-state index in [2.05, 4.69) is 4.98 Å². The monoisotopic (exact) mass is 289 g/mol. The molecule has 1 N–H and O–H groups in total. The molecule has 0 bridgehead atoms. The fourth-order valence-electron chi connectivity index (χ4n) is 0.783. The zero-order valence-electron chi connectivity index (χ0n) is 8.59. The molecule has 1 aromatic rings. The molecule has 5 heteroatoms. The van der Waals surface area contributed by atoms with Crippen LogP contribution < -0.4 is 17.0 Å². The van der Waals surface area contributed by atoms with Gasteiger partial charge in [0, 0.05) is 6.20 Å². The second-order valence-corrected chi connectivity index (χ2v) is 3.31. The van der Waals surface area contributed by atoms with Crippen LogP contribution in [0.1, 0.15) is 19.4 Å². The molecule has 0 atom stereocenters. The molecule has 0 aliphatic heterocycles. The van der Waals surface area contributed by atoms with Crippen molar-refractivity contribution in [3.63, 3.8) is 0 Å². The second kappa shape index (κ2) is 7.88. The minimum atomic E-state index is -0.841. The number of halogens is 2. The van der Waals surface area contributed by atoms with E-state index in [9.17, 15) is 5.11 Å². The maximum atomic E-state index is 9.53. The van der Waals surface area contributed by atoms with Crippen LogP contribution in [0.15, 0.2) is 18.3 Å². The molecule has 2 nitrogen and oxygen atoms in total. The van der Waals surface area contributed by atoms with Gasteiger partial charge < -0.3 is 29.5 Å². The van der Waals surface area contributed by atoms with Crippen LogP contribution in [-0.2, 0) is 5.60 Å². The molecule has 0 amide bonds. The van der Waals surface area contributed by atoms with Crippen molar-refractivity contribution in [1.82, 2.24) is 4.98 Å². The summed E-state index contributed by atoms with van der Waals surface area (Å²) in [6, 6.07) is 3.40.